The SMILES string of the molecule is [SiH3]c1ccc2c([nH]c3ccccc32)c1[SiH3].[Sn]. The second kappa shape index (κ2) is 4.39. The first-order valence-electron chi connectivity index (χ1n) is 5.24. The molecule has 1 nitrogen and oxygen atoms in total. The Morgan fingerprint density at radius 1 is 0.875 bits per heavy atom. The number of hydrogen-bond donors (Lipinski definition) is 1. The number of benzene rings is 2. The van der Waals surface area contributed by atoms with Crippen molar-refractivity contribution in [3.8, 4) is 0 Å². The Balaban J connectivity index is 0.000000963. The monoisotopic (exact) mass is 347 g/mol. The van der Waals surface area contributed by atoms with Gasteiger partial charge in [0.15, 0.2) is 0 Å². The largest absolute Gasteiger partial charge is 0.355 e. The molecule has 1 aromatic heterocycles. The zero-order valence-corrected chi connectivity index (χ0v) is 16.3. The first-order valence-corrected chi connectivity index (χ1v) is 7.24. The fraction of sp³-hybridized carbons (Fsp3) is 0. The molecule has 1 heterocycles. The molecule has 1 N–H and O–H groups in total. The summed E-state index contributed by atoms with van der Waals surface area (Å²) in [6.07, 6.45) is 0. The number of rotatable bonds is 0. The first-order chi connectivity index (χ1) is 7.27. The number of fused-ring (bicyclic) bond motifs is 3. The third-order valence-electron chi connectivity index (χ3n) is 3.21. The van der Waals surface area contributed by atoms with E-state index in [0.29, 0.717) is 0 Å². The minimum absolute atomic E-state index is 0. The van der Waals surface area contributed by atoms with Crippen molar-refractivity contribution in [3.63, 3.8) is 0 Å². The topological polar surface area (TPSA) is 15.8 Å². The van der Waals surface area contributed by atoms with Crippen LogP contribution < -0.4 is 10.4 Å². The average molecular weight is 346 g/mol. The van der Waals surface area contributed by atoms with Crippen LogP contribution in [0, 0.1) is 0 Å². The molecule has 0 aliphatic heterocycles. The molecule has 0 aliphatic carbocycles. The summed E-state index contributed by atoms with van der Waals surface area (Å²) in [5.74, 6) is 0. The van der Waals surface area contributed by atoms with Crippen molar-refractivity contribution in [1.29, 1.82) is 0 Å². The molecule has 16 heavy (non-hydrogen) atoms. The number of para-hydroxylation sites is 1. The number of H-pyrrole nitrogens is 1. The van der Waals surface area contributed by atoms with Gasteiger partial charge in [0.05, 0.1) is 0 Å². The van der Waals surface area contributed by atoms with E-state index in [1.165, 1.54) is 21.8 Å². The van der Waals surface area contributed by atoms with E-state index in [2.05, 4.69) is 41.4 Å². The molecule has 0 saturated carbocycles. The summed E-state index contributed by atoms with van der Waals surface area (Å²) in [5, 5.41) is 5.83. The van der Waals surface area contributed by atoms with E-state index in [0.717, 1.165) is 20.5 Å². The van der Waals surface area contributed by atoms with E-state index in [1.807, 2.05) is 0 Å². The van der Waals surface area contributed by atoms with Crippen LogP contribution in [0.3, 0.4) is 0 Å². The summed E-state index contributed by atoms with van der Waals surface area (Å²) >= 11 is 0. The number of aromatic amines is 1. The molecule has 3 rings (SSSR count). The minimum atomic E-state index is 0. The van der Waals surface area contributed by atoms with Gasteiger partial charge in [-0.3, -0.25) is 0 Å². The Kier molecular flexibility index (Phi) is 3.27. The summed E-state index contributed by atoms with van der Waals surface area (Å²) in [4.78, 5) is 3.54. The van der Waals surface area contributed by atoms with Crippen molar-refractivity contribution in [2.75, 3.05) is 0 Å². The summed E-state index contributed by atoms with van der Waals surface area (Å²) in [6.45, 7) is 0. The van der Waals surface area contributed by atoms with E-state index >= 15 is 0 Å². The molecule has 0 saturated heterocycles. The standard InChI is InChI=1S/C12H13NSi2.Sn/c14-10-6-5-8-7-3-1-2-4-9(7)13-11(8)12(10)15;/h1-6,13H,14-15H3;. The Labute approximate surface area is 117 Å². The molecule has 0 atom stereocenters. The van der Waals surface area contributed by atoms with E-state index in [1.54, 1.807) is 10.4 Å². The average Bonchev–Trinajstić information content (AvgIpc) is 2.63. The summed E-state index contributed by atoms with van der Waals surface area (Å²) in [5.41, 5.74) is 2.63. The fourth-order valence-corrected chi connectivity index (χ4v) is 3.14. The van der Waals surface area contributed by atoms with Gasteiger partial charge in [0.1, 0.15) is 0 Å². The smallest absolute Gasteiger partial charge is 0.0464 e. The molecule has 0 fully saturated rings. The third-order valence-corrected chi connectivity index (χ3v) is 6.58. The first kappa shape index (κ1) is 11.9. The van der Waals surface area contributed by atoms with Crippen LogP contribution in [0.4, 0.5) is 0 Å². The predicted molar refractivity (Wildman–Crippen MR) is 80.7 cm³/mol. The number of nitrogens with one attached hydrogen (secondary N) is 1. The molecule has 0 aliphatic rings. The Morgan fingerprint density at radius 2 is 1.62 bits per heavy atom. The second-order valence-corrected chi connectivity index (χ2v) is 6.18. The van der Waals surface area contributed by atoms with Crippen molar-refractivity contribution in [1.82, 2.24) is 4.98 Å². The molecule has 2 aromatic carbocycles. The van der Waals surface area contributed by atoms with Crippen LogP contribution in [0.5, 0.6) is 0 Å². The quantitative estimate of drug-likeness (QED) is 0.499. The number of aromatic nitrogens is 1. The summed E-state index contributed by atoms with van der Waals surface area (Å²) in [7, 11) is 2.28. The predicted octanol–water partition coefficient (Wildman–Crippen LogP) is -1.08. The molecule has 4 radical (unpaired) electrons. The Morgan fingerprint density at radius 3 is 2.44 bits per heavy atom. The zero-order valence-electron chi connectivity index (χ0n) is 9.46. The molecule has 0 unspecified atom stereocenters. The van der Waals surface area contributed by atoms with Crippen LogP contribution in [-0.2, 0) is 0 Å². The van der Waals surface area contributed by atoms with Crippen molar-refractivity contribution >= 4 is 76.6 Å². The van der Waals surface area contributed by atoms with Crippen molar-refractivity contribution in [2.45, 2.75) is 0 Å². The fourth-order valence-electron chi connectivity index (χ4n) is 2.16. The van der Waals surface area contributed by atoms with E-state index < -0.39 is 0 Å². The van der Waals surface area contributed by atoms with Crippen LogP contribution >= 0.6 is 0 Å². The third kappa shape index (κ3) is 1.67. The normalized spacial score (nSPS) is 11.0. The Hall–Kier alpha value is -0.528. The van der Waals surface area contributed by atoms with Gasteiger partial charge in [0.25, 0.3) is 0 Å². The van der Waals surface area contributed by atoms with Crippen molar-refractivity contribution in [3.05, 3.63) is 36.4 Å². The molecular formula is C12H13NSi2Sn. The van der Waals surface area contributed by atoms with E-state index in [9.17, 15) is 0 Å². The van der Waals surface area contributed by atoms with Gasteiger partial charge in [0.2, 0.25) is 0 Å². The van der Waals surface area contributed by atoms with Gasteiger partial charge in [-0.15, -0.1) is 0 Å². The molecule has 0 bridgehead atoms. The van der Waals surface area contributed by atoms with Gasteiger partial charge in [-0.1, -0.05) is 35.5 Å². The maximum Gasteiger partial charge on any atom is 0.0464 e. The molecular weight excluding hydrogens is 333 g/mol. The molecule has 78 valence electrons. The molecule has 0 amide bonds. The molecule has 0 spiro atoms. The minimum Gasteiger partial charge on any atom is -0.355 e. The summed E-state index contributed by atoms with van der Waals surface area (Å²) < 4.78 is 0. The molecule has 4 heteroatoms. The van der Waals surface area contributed by atoms with Crippen LogP contribution in [0.15, 0.2) is 36.4 Å². The van der Waals surface area contributed by atoms with Crippen molar-refractivity contribution in [2.24, 2.45) is 0 Å². The van der Waals surface area contributed by atoms with Crippen LogP contribution in [0.25, 0.3) is 21.8 Å². The van der Waals surface area contributed by atoms with Gasteiger partial charge in [-0.05, 0) is 11.3 Å². The van der Waals surface area contributed by atoms with Crippen LogP contribution in [0.1, 0.15) is 0 Å². The maximum atomic E-state index is 3.54. The zero-order chi connectivity index (χ0) is 10.4. The van der Waals surface area contributed by atoms with Gasteiger partial charge in [0, 0.05) is 66.2 Å². The molecule has 3 aromatic rings. The van der Waals surface area contributed by atoms with E-state index in [-0.39, 0.29) is 23.9 Å². The Bertz CT molecular complexity index is 660. The van der Waals surface area contributed by atoms with Crippen LogP contribution in [0.2, 0.25) is 0 Å². The van der Waals surface area contributed by atoms with E-state index in [4.69, 9.17) is 0 Å². The van der Waals surface area contributed by atoms with Crippen molar-refractivity contribution < 1.29 is 0 Å². The van der Waals surface area contributed by atoms with Gasteiger partial charge in [-0.25, -0.2) is 0 Å². The van der Waals surface area contributed by atoms with Gasteiger partial charge in [-0.2, -0.15) is 0 Å². The summed E-state index contributed by atoms with van der Waals surface area (Å²) in [6, 6.07) is 13.1. The van der Waals surface area contributed by atoms with Gasteiger partial charge >= 0.3 is 0 Å². The number of hydrogen-bond acceptors (Lipinski definition) is 0. The second-order valence-electron chi connectivity index (χ2n) is 4.10. The van der Waals surface area contributed by atoms with Gasteiger partial charge < -0.3 is 4.98 Å². The maximum absolute atomic E-state index is 3.54. The van der Waals surface area contributed by atoms with Crippen LogP contribution in [-0.4, -0.2) is 49.4 Å².